The van der Waals surface area contributed by atoms with E-state index >= 15 is 0 Å². The van der Waals surface area contributed by atoms with E-state index in [0.717, 1.165) is 30.0 Å². The lowest BCUT2D eigenvalue weighted by atomic mass is 10.2. The minimum atomic E-state index is -0.0444. The molecule has 0 saturated heterocycles. The lowest BCUT2D eigenvalue weighted by Gasteiger charge is -2.11. The number of aromatic nitrogens is 3. The summed E-state index contributed by atoms with van der Waals surface area (Å²) in [6, 6.07) is 12.4. The van der Waals surface area contributed by atoms with Gasteiger partial charge in [0.25, 0.3) is 5.91 Å². The Morgan fingerprint density at radius 2 is 1.79 bits per heavy atom. The third-order valence-corrected chi connectivity index (χ3v) is 4.30. The number of hydrogen-bond donors (Lipinski definition) is 1. The maximum atomic E-state index is 12.8. The van der Waals surface area contributed by atoms with Crippen LogP contribution in [0.3, 0.4) is 0 Å². The van der Waals surface area contributed by atoms with Crippen molar-refractivity contribution in [2.45, 2.75) is 32.7 Å². The average molecular weight is 320 g/mol. The Balaban J connectivity index is 1.87. The fraction of sp³-hybridized carbons (Fsp3) is 0.263. The number of aryl methyl sites for hydroxylation is 2. The van der Waals surface area contributed by atoms with Crippen LogP contribution in [0, 0.1) is 13.8 Å². The van der Waals surface area contributed by atoms with E-state index in [2.05, 4.69) is 29.5 Å². The highest BCUT2D eigenvalue weighted by Gasteiger charge is 2.29. The Morgan fingerprint density at radius 3 is 2.42 bits per heavy atom. The summed E-state index contributed by atoms with van der Waals surface area (Å²) in [6.07, 6.45) is 6.01. The molecule has 5 heteroatoms. The standard InChI is InChI=1S/C19H20N4O/c1-13-5-9-16(10-6-13)23-19(22-11-3-4-12-22)17(14(2)21-23)18(24)20-15-7-8-15/h3-6,9-12,15H,7-8H2,1-2H3,(H,20,24). The van der Waals surface area contributed by atoms with Crippen molar-refractivity contribution < 1.29 is 4.79 Å². The highest BCUT2D eigenvalue weighted by atomic mass is 16.1. The largest absolute Gasteiger partial charge is 0.349 e. The molecule has 0 radical (unpaired) electrons. The summed E-state index contributed by atoms with van der Waals surface area (Å²) in [4.78, 5) is 12.8. The summed E-state index contributed by atoms with van der Waals surface area (Å²) in [6.45, 7) is 3.94. The fourth-order valence-corrected chi connectivity index (χ4v) is 2.85. The van der Waals surface area contributed by atoms with Gasteiger partial charge < -0.3 is 9.88 Å². The lowest BCUT2D eigenvalue weighted by Crippen LogP contribution is -2.27. The number of nitrogens with one attached hydrogen (secondary N) is 1. The molecule has 2 heterocycles. The SMILES string of the molecule is Cc1ccc(-n2nc(C)c(C(=O)NC3CC3)c2-n2cccc2)cc1. The van der Waals surface area contributed by atoms with Gasteiger partial charge in [-0.05, 0) is 51.0 Å². The molecule has 1 amide bonds. The lowest BCUT2D eigenvalue weighted by molar-refractivity contribution is 0.0950. The molecule has 4 rings (SSSR count). The van der Waals surface area contributed by atoms with Gasteiger partial charge in [-0.25, -0.2) is 4.68 Å². The normalized spacial score (nSPS) is 13.9. The van der Waals surface area contributed by atoms with Gasteiger partial charge in [0.15, 0.2) is 5.82 Å². The van der Waals surface area contributed by atoms with Crippen LogP contribution in [0.1, 0.15) is 34.5 Å². The number of hydrogen-bond acceptors (Lipinski definition) is 2. The zero-order chi connectivity index (χ0) is 16.7. The fourth-order valence-electron chi connectivity index (χ4n) is 2.85. The van der Waals surface area contributed by atoms with Gasteiger partial charge in [0.2, 0.25) is 0 Å². The van der Waals surface area contributed by atoms with Crippen molar-refractivity contribution in [3.05, 3.63) is 65.6 Å². The smallest absolute Gasteiger partial charge is 0.257 e. The molecule has 5 nitrogen and oxygen atoms in total. The van der Waals surface area contributed by atoms with E-state index in [9.17, 15) is 4.79 Å². The van der Waals surface area contributed by atoms with Crippen molar-refractivity contribution in [1.82, 2.24) is 19.7 Å². The minimum absolute atomic E-state index is 0.0444. The molecule has 0 unspecified atom stereocenters. The summed E-state index contributed by atoms with van der Waals surface area (Å²) in [7, 11) is 0. The highest BCUT2D eigenvalue weighted by molar-refractivity contribution is 5.99. The van der Waals surface area contributed by atoms with E-state index in [-0.39, 0.29) is 5.91 Å². The van der Waals surface area contributed by atoms with Crippen LogP contribution in [0.5, 0.6) is 0 Å². The van der Waals surface area contributed by atoms with Crippen molar-refractivity contribution in [1.29, 1.82) is 0 Å². The molecule has 0 bridgehead atoms. The zero-order valence-corrected chi connectivity index (χ0v) is 13.9. The van der Waals surface area contributed by atoms with E-state index in [1.807, 2.05) is 52.8 Å². The first-order chi connectivity index (χ1) is 11.6. The molecule has 1 aromatic carbocycles. The number of carbonyl (C=O) groups excluding carboxylic acids is 1. The van der Waals surface area contributed by atoms with Crippen molar-refractivity contribution in [3.63, 3.8) is 0 Å². The second-order valence-corrected chi connectivity index (χ2v) is 6.37. The molecule has 1 fully saturated rings. The average Bonchev–Trinajstić information content (AvgIpc) is 3.09. The van der Waals surface area contributed by atoms with Crippen LogP contribution >= 0.6 is 0 Å². The van der Waals surface area contributed by atoms with Gasteiger partial charge in [0.1, 0.15) is 5.56 Å². The summed E-state index contributed by atoms with van der Waals surface area (Å²) in [5, 5.41) is 7.73. The van der Waals surface area contributed by atoms with E-state index in [1.165, 1.54) is 5.56 Å². The Morgan fingerprint density at radius 1 is 1.12 bits per heavy atom. The summed E-state index contributed by atoms with van der Waals surface area (Å²) in [5.74, 6) is 0.733. The van der Waals surface area contributed by atoms with Crippen LogP contribution in [-0.2, 0) is 0 Å². The summed E-state index contributed by atoms with van der Waals surface area (Å²) >= 11 is 0. The topological polar surface area (TPSA) is 51.9 Å². The molecule has 3 aromatic rings. The van der Waals surface area contributed by atoms with Gasteiger partial charge in [0, 0.05) is 18.4 Å². The third-order valence-electron chi connectivity index (χ3n) is 4.30. The Labute approximate surface area is 140 Å². The number of carbonyl (C=O) groups is 1. The predicted molar refractivity (Wildman–Crippen MR) is 92.9 cm³/mol. The van der Waals surface area contributed by atoms with E-state index in [4.69, 9.17) is 0 Å². The first kappa shape index (κ1) is 14.8. The monoisotopic (exact) mass is 320 g/mol. The van der Waals surface area contributed by atoms with Gasteiger partial charge in [0.05, 0.1) is 11.4 Å². The highest BCUT2D eigenvalue weighted by Crippen LogP contribution is 2.25. The van der Waals surface area contributed by atoms with Gasteiger partial charge in [-0.1, -0.05) is 17.7 Å². The molecule has 1 saturated carbocycles. The quantitative estimate of drug-likeness (QED) is 0.803. The molecule has 1 N–H and O–H groups in total. The molecule has 1 aliphatic carbocycles. The number of amides is 1. The van der Waals surface area contributed by atoms with Crippen molar-refractivity contribution in [2.75, 3.05) is 0 Å². The maximum Gasteiger partial charge on any atom is 0.257 e. The molecular formula is C19H20N4O. The first-order valence-corrected chi connectivity index (χ1v) is 8.24. The van der Waals surface area contributed by atoms with Crippen LogP contribution in [0.25, 0.3) is 11.5 Å². The predicted octanol–water partition coefficient (Wildman–Crippen LogP) is 3.17. The van der Waals surface area contributed by atoms with Crippen LogP contribution in [0.2, 0.25) is 0 Å². The number of nitrogens with zero attached hydrogens (tertiary/aromatic N) is 3. The molecule has 122 valence electrons. The van der Waals surface area contributed by atoms with Crippen LogP contribution in [-0.4, -0.2) is 26.3 Å². The molecule has 24 heavy (non-hydrogen) atoms. The Kier molecular flexibility index (Phi) is 3.49. The molecule has 0 aliphatic heterocycles. The van der Waals surface area contributed by atoms with Gasteiger partial charge >= 0.3 is 0 Å². The maximum absolute atomic E-state index is 12.8. The first-order valence-electron chi connectivity index (χ1n) is 8.24. The van der Waals surface area contributed by atoms with E-state index in [1.54, 1.807) is 0 Å². The van der Waals surface area contributed by atoms with Gasteiger partial charge in [-0.2, -0.15) is 5.10 Å². The van der Waals surface area contributed by atoms with Crippen molar-refractivity contribution >= 4 is 5.91 Å². The summed E-state index contributed by atoms with van der Waals surface area (Å²) in [5.41, 5.74) is 3.51. The molecular weight excluding hydrogens is 300 g/mol. The summed E-state index contributed by atoms with van der Waals surface area (Å²) < 4.78 is 3.79. The van der Waals surface area contributed by atoms with Crippen molar-refractivity contribution in [3.8, 4) is 11.5 Å². The van der Waals surface area contributed by atoms with Gasteiger partial charge in [-0.15, -0.1) is 0 Å². The van der Waals surface area contributed by atoms with Crippen LogP contribution in [0.15, 0.2) is 48.8 Å². The van der Waals surface area contributed by atoms with E-state index < -0.39 is 0 Å². The number of rotatable bonds is 4. The van der Waals surface area contributed by atoms with Gasteiger partial charge in [-0.3, -0.25) is 4.79 Å². The second-order valence-electron chi connectivity index (χ2n) is 6.37. The second kappa shape index (κ2) is 5.67. The van der Waals surface area contributed by atoms with Crippen molar-refractivity contribution in [2.24, 2.45) is 0 Å². The molecule has 1 aliphatic rings. The zero-order valence-electron chi connectivity index (χ0n) is 13.9. The molecule has 2 aromatic heterocycles. The van der Waals surface area contributed by atoms with Crippen LogP contribution < -0.4 is 5.32 Å². The number of benzene rings is 1. The molecule has 0 spiro atoms. The Hall–Kier alpha value is -2.82. The van der Waals surface area contributed by atoms with Crippen LogP contribution in [0.4, 0.5) is 0 Å². The van der Waals surface area contributed by atoms with E-state index in [0.29, 0.717) is 11.6 Å². The minimum Gasteiger partial charge on any atom is -0.349 e. The Bertz CT molecular complexity index is 871. The molecule has 0 atom stereocenters. The third kappa shape index (κ3) is 2.62.